The number of hydrogen-bond donors (Lipinski definition) is 2. The number of carbonyl (C=O) groups is 4. The van der Waals surface area contributed by atoms with Crippen molar-refractivity contribution in [1.29, 1.82) is 0 Å². The largest absolute Gasteiger partial charge is 0.495 e. The zero-order valence-electron chi connectivity index (χ0n) is 30.3. The molecule has 0 saturated carbocycles. The summed E-state index contributed by atoms with van der Waals surface area (Å²) in [5.41, 5.74) is -2.05. The van der Waals surface area contributed by atoms with Gasteiger partial charge in [0.05, 0.1) is 19.2 Å². The van der Waals surface area contributed by atoms with Gasteiger partial charge in [-0.25, -0.2) is 9.59 Å². The molecule has 0 aliphatic carbocycles. The number of ether oxygens (including phenoxy) is 5. The summed E-state index contributed by atoms with van der Waals surface area (Å²) >= 11 is 6.74. The van der Waals surface area contributed by atoms with E-state index in [0.29, 0.717) is 24.3 Å². The first-order valence-electron chi connectivity index (χ1n) is 16.8. The third kappa shape index (κ3) is 8.20. The van der Waals surface area contributed by atoms with Gasteiger partial charge < -0.3 is 38.6 Å². The molecule has 0 spiro atoms. The summed E-state index contributed by atoms with van der Waals surface area (Å²) in [7, 11) is 6.89. The molecule has 1 aromatic rings. The molecule has 15 heteroatoms. The van der Waals surface area contributed by atoms with E-state index < -0.39 is 59.3 Å². The lowest BCUT2D eigenvalue weighted by Gasteiger charge is -2.59. The zero-order chi connectivity index (χ0) is 37.2. The number of aliphatic hydroxyl groups is 1. The first-order valence-corrected chi connectivity index (χ1v) is 18.6. The maximum Gasteiger partial charge on any atom is 0.409 e. The molecule has 2 N–H and O–H groups in total. The fourth-order valence-corrected chi connectivity index (χ4v) is 7.64. The Balaban J connectivity index is 1.78. The minimum Gasteiger partial charge on any atom is -0.495 e. The number of rotatable bonds is 7. The van der Waals surface area contributed by atoms with E-state index in [4.69, 9.17) is 35.3 Å². The number of fused-ring (bicyclic) bond motifs is 6. The van der Waals surface area contributed by atoms with E-state index in [1.165, 1.54) is 24.0 Å². The number of carbonyl (C=O) groups excluding carboxylic acids is 4. The highest BCUT2D eigenvalue weighted by atomic mass is 35.5. The number of methoxy groups -OCH3 is 2. The number of allylic oxidation sites excluding steroid dienone is 3. The highest BCUT2D eigenvalue weighted by molar-refractivity contribution is 6.35. The van der Waals surface area contributed by atoms with Crippen LogP contribution in [0.1, 0.15) is 58.9 Å². The third-order valence-electron chi connectivity index (χ3n) is 9.90. The first kappa shape index (κ1) is 39.4. The van der Waals surface area contributed by atoms with Crippen LogP contribution < -0.4 is 15.0 Å². The van der Waals surface area contributed by atoms with Gasteiger partial charge in [0.1, 0.15) is 46.3 Å². The molecule has 4 aliphatic rings. The first-order chi connectivity index (χ1) is 23.4. The lowest BCUT2D eigenvalue weighted by Crippen LogP contribution is -2.72. The second-order valence-electron chi connectivity index (χ2n) is 13.9. The molecular weight excluding hydrogens is 686 g/mol. The molecule has 1 aromatic carbocycles. The van der Waals surface area contributed by atoms with Crippen LogP contribution in [0.5, 0.6) is 5.75 Å². The summed E-state index contributed by atoms with van der Waals surface area (Å²) in [4.78, 5) is 55.8. The third-order valence-corrected chi connectivity index (χ3v) is 10.8. The average Bonchev–Trinajstić information content (AvgIpc) is 3.04. The molecule has 13 nitrogen and oxygen atoms in total. The second-order valence-corrected chi connectivity index (χ2v) is 15.3. The number of anilines is 1. The number of likely N-dealkylation sites (N-methyl/N-ethyl adjacent to an activating group) is 1. The van der Waals surface area contributed by atoms with Crippen LogP contribution in [-0.2, 0) is 39.8 Å². The second kappa shape index (κ2) is 15.4. The molecule has 0 aromatic heterocycles. The van der Waals surface area contributed by atoms with Crippen molar-refractivity contribution in [3.05, 3.63) is 46.5 Å². The monoisotopic (exact) mass is 735 g/mol. The van der Waals surface area contributed by atoms with Gasteiger partial charge in [-0.15, -0.1) is 0 Å². The molecule has 2 fully saturated rings. The van der Waals surface area contributed by atoms with Crippen molar-refractivity contribution in [2.75, 3.05) is 33.2 Å². The highest BCUT2D eigenvalue weighted by Gasteiger charge is 2.63. The molecule has 0 radical (unpaired) electrons. The number of halogens is 1. The Labute approximate surface area is 301 Å². The maximum atomic E-state index is 14.0. The molecule has 4 heterocycles. The van der Waals surface area contributed by atoms with Crippen molar-refractivity contribution < 1.29 is 48.0 Å². The number of benzene rings is 1. The number of nitrogens with one attached hydrogen (secondary N) is 1. The molecule has 4 aliphatic heterocycles. The molecule has 50 heavy (non-hydrogen) atoms. The zero-order valence-corrected chi connectivity index (χ0v) is 33.1. The van der Waals surface area contributed by atoms with E-state index in [1.807, 2.05) is 13.0 Å². The highest BCUT2D eigenvalue weighted by Crippen LogP contribution is 2.50. The van der Waals surface area contributed by atoms with Gasteiger partial charge in [-0.3, -0.25) is 14.9 Å². The van der Waals surface area contributed by atoms with Gasteiger partial charge in [-0.05, 0) is 51.8 Å². The topological polar surface area (TPSA) is 153 Å². The Morgan fingerprint density at radius 2 is 1.92 bits per heavy atom. The normalized spacial score (nSPS) is 32.4. The van der Waals surface area contributed by atoms with E-state index in [1.54, 1.807) is 59.2 Å². The van der Waals surface area contributed by atoms with E-state index in [9.17, 15) is 24.3 Å². The minimum atomic E-state index is -1.84. The Hall–Kier alpha value is -3.43. The van der Waals surface area contributed by atoms with Crippen LogP contribution in [-0.4, -0.2) is 114 Å². The summed E-state index contributed by atoms with van der Waals surface area (Å²) < 4.78 is 29.4. The quantitative estimate of drug-likeness (QED) is 0.316. The van der Waals surface area contributed by atoms with Crippen molar-refractivity contribution in [3.63, 3.8) is 0 Å². The van der Waals surface area contributed by atoms with Crippen molar-refractivity contribution >= 4 is 51.4 Å². The summed E-state index contributed by atoms with van der Waals surface area (Å²) in [6.45, 7) is 6.94. The Bertz CT molecular complexity index is 1550. The predicted molar refractivity (Wildman–Crippen MR) is 190 cm³/mol. The van der Waals surface area contributed by atoms with E-state index in [0.717, 1.165) is 27.4 Å². The van der Waals surface area contributed by atoms with Crippen LogP contribution in [0.2, 0.25) is 11.1 Å². The molecule has 276 valence electrons. The van der Waals surface area contributed by atoms with Crippen LogP contribution in [0.15, 0.2) is 35.9 Å². The molecular formula is C35H50ClN3O10Si. The van der Waals surface area contributed by atoms with Gasteiger partial charge >= 0.3 is 12.1 Å². The summed E-state index contributed by atoms with van der Waals surface area (Å²) in [6, 6.07) is 3.41. The van der Waals surface area contributed by atoms with Crippen LogP contribution in [0.4, 0.5) is 10.5 Å². The fourth-order valence-electron chi connectivity index (χ4n) is 6.90. The lowest BCUT2D eigenvalue weighted by molar-refractivity contribution is -0.328. The van der Waals surface area contributed by atoms with Crippen molar-refractivity contribution in [1.82, 2.24) is 10.2 Å². The standard InChI is InChI=1S/C35H50ClN3O10Si/c1-20-10-9-11-25(46-8)35(44)18-27(48-32(43)37-35)34(4)19-33(3,49-34)26(47-31(42)21(2)38(5)28(40)12-13-50)17-29(41)39(6)23-15-22(14-20)16-24(45-7)30(23)36/h9-11,15-16,21,25-27,44H,12-14,17-19H2,1-8,50H3,(H,37,43)/b11-9+,20-10+/t21-,25?,26-,27?,33?,34?,35?/m0/s1. The Kier molecular flexibility index (Phi) is 12.2. The SMILES string of the molecule is COc1cc2cc(c1Cl)N(C)C(=O)C[C@H](OC(=O)[C@H](C)N(C)C(=O)CC[SiH3])C1(C)CC(C)(O1)C1CC(O)(NC(=O)O1)C(OC)/C=C/C=C(\C)C2. The van der Waals surface area contributed by atoms with E-state index >= 15 is 0 Å². The molecule has 5 unspecified atom stereocenters. The lowest BCUT2D eigenvalue weighted by atomic mass is 9.72. The number of hydrogen-bond acceptors (Lipinski definition) is 10. The summed E-state index contributed by atoms with van der Waals surface area (Å²) in [6.07, 6.45) is 1.99. The van der Waals surface area contributed by atoms with Crippen LogP contribution in [0, 0.1) is 0 Å². The van der Waals surface area contributed by atoms with Crippen LogP contribution in [0.25, 0.3) is 0 Å². The van der Waals surface area contributed by atoms with Crippen molar-refractivity contribution in [3.8, 4) is 5.75 Å². The van der Waals surface area contributed by atoms with Crippen molar-refractivity contribution in [2.24, 2.45) is 0 Å². The van der Waals surface area contributed by atoms with Gasteiger partial charge in [0.2, 0.25) is 11.8 Å². The van der Waals surface area contributed by atoms with E-state index in [-0.39, 0.29) is 30.2 Å². The molecule has 5 rings (SSSR count). The molecule has 2 saturated heterocycles. The van der Waals surface area contributed by atoms with Gasteiger partial charge in [-0.2, -0.15) is 0 Å². The van der Waals surface area contributed by atoms with Gasteiger partial charge in [0.15, 0.2) is 5.72 Å². The molecule has 3 amide bonds. The van der Waals surface area contributed by atoms with Gasteiger partial charge in [-0.1, -0.05) is 41.4 Å². The van der Waals surface area contributed by atoms with Crippen molar-refractivity contribution in [2.45, 2.75) is 107 Å². The maximum absolute atomic E-state index is 14.0. The van der Waals surface area contributed by atoms with Crippen LogP contribution >= 0.6 is 11.6 Å². The van der Waals surface area contributed by atoms with Gasteiger partial charge in [0, 0.05) is 50.7 Å². The molecule has 7 atom stereocenters. The Morgan fingerprint density at radius 3 is 2.54 bits per heavy atom. The number of nitrogens with zero attached hydrogens (tertiary/aromatic N) is 2. The summed E-state index contributed by atoms with van der Waals surface area (Å²) in [5, 5.41) is 14.4. The predicted octanol–water partition coefficient (Wildman–Crippen LogP) is 2.83. The van der Waals surface area contributed by atoms with Crippen LogP contribution in [0.3, 0.4) is 0 Å². The smallest absolute Gasteiger partial charge is 0.409 e. The number of amides is 3. The van der Waals surface area contributed by atoms with Gasteiger partial charge in [0.25, 0.3) is 0 Å². The fraction of sp³-hybridized carbons (Fsp3) is 0.600. The average molecular weight is 736 g/mol. The molecule has 6 bridgehead atoms. The number of esters is 1. The minimum absolute atomic E-state index is 0.0860. The Morgan fingerprint density at radius 1 is 1.24 bits per heavy atom. The van der Waals surface area contributed by atoms with E-state index in [2.05, 4.69) is 5.32 Å². The number of alkyl carbamates (subject to hydrolysis) is 1. The summed E-state index contributed by atoms with van der Waals surface area (Å²) in [5.74, 6) is -0.929.